The molecule has 0 saturated carbocycles. The molecule has 0 fully saturated rings. The number of nitrogens with zero attached hydrogens (tertiary/aromatic N) is 5. The van der Waals surface area contributed by atoms with E-state index < -0.39 is 4.92 Å². The van der Waals surface area contributed by atoms with Crippen LogP contribution in [0.15, 0.2) is 50.8 Å². The SMILES string of the molecule is CC[C@@H](C)c1nc2ccc(Br)cc2c(=O)n1N=Cc1cc([N+](=O)[O-])ccc1OCC#N. The standard InChI is InChI=1S/C21H18BrN5O4/c1-3-13(2)20-25-18-6-4-15(22)11-17(18)21(28)26(20)24-12-14-10-16(27(29)30)5-7-19(14)31-9-8-23/h4-7,10-13H,3,9H2,1-2H3/t13-/m1/s1. The van der Waals surface area contributed by atoms with E-state index in [0.717, 1.165) is 10.9 Å². The van der Waals surface area contributed by atoms with Crippen molar-refractivity contribution in [2.24, 2.45) is 5.10 Å². The van der Waals surface area contributed by atoms with Gasteiger partial charge >= 0.3 is 0 Å². The van der Waals surface area contributed by atoms with Gasteiger partial charge in [0.1, 0.15) is 17.6 Å². The second-order valence-corrected chi connectivity index (χ2v) is 7.64. The highest BCUT2D eigenvalue weighted by molar-refractivity contribution is 9.10. The Labute approximate surface area is 185 Å². The maximum absolute atomic E-state index is 13.2. The summed E-state index contributed by atoms with van der Waals surface area (Å²) in [6.45, 7) is 3.68. The number of rotatable bonds is 7. The molecule has 9 nitrogen and oxygen atoms in total. The van der Waals surface area contributed by atoms with Gasteiger partial charge in [-0.3, -0.25) is 14.9 Å². The van der Waals surface area contributed by atoms with Crippen molar-refractivity contribution in [2.75, 3.05) is 6.61 Å². The van der Waals surface area contributed by atoms with E-state index in [1.807, 2.05) is 26.0 Å². The van der Waals surface area contributed by atoms with Crippen LogP contribution in [0.1, 0.15) is 37.6 Å². The molecule has 0 aliphatic rings. The van der Waals surface area contributed by atoms with Crippen LogP contribution < -0.4 is 10.3 Å². The van der Waals surface area contributed by atoms with Crippen molar-refractivity contribution in [1.82, 2.24) is 9.66 Å². The lowest BCUT2D eigenvalue weighted by Crippen LogP contribution is -2.23. The molecule has 2 aromatic carbocycles. The van der Waals surface area contributed by atoms with Crippen molar-refractivity contribution >= 4 is 38.7 Å². The number of aromatic nitrogens is 2. The Bertz CT molecular complexity index is 1280. The minimum Gasteiger partial charge on any atom is -0.478 e. The number of ether oxygens (including phenoxy) is 1. The summed E-state index contributed by atoms with van der Waals surface area (Å²) in [5, 5.41) is 24.6. The highest BCUT2D eigenvalue weighted by Gasteiger charge is 2.16. The van der Waals surface area contributed by atoms with E-state index in [2.05, 4.69) is 26.0 Å². The van der Waals surface area contributed by atoms with Crippen molar-refractivity contribution in [1.29, 1.82) is 5.26 Å². The molecule has 158 valence electrons. The fraction of sp³-hybridized carbons (Fsp3) is 0.238. The average Bonchev–Trinajstić information content (AvgIpc) is 2.76. The van der Waals surface area contributed by atoms with Crippen LogP contribution in [0, 0.1) is 21.4 Å². The molecule has 0 spiro atoms. The third-order valence-electron chi connectivity index (χ3n) is 4.70. The number of halogens is 1. The van der Waals surface area contributed by atoms with Gasteiger partial charge in [0.25, 0.3) is 11.2 Å². The zero-order valence-electron chi connectivity index (χ0n) is 16.8. The third kappa shape index (κ3) is 4.78. The fourth-order valence-corrected chi connectivity index (χ4v) is 3.25. The summed E-state index contributed by atoms with van der Waals surface area (Å²) >= 11 is 3.36. The summed E-state index contributed by atoms with van der Waals surface area (Å²) in [6, 6.07) is 11.0. The molecule has 0 aliphatic heterocycles. The topological polar surface area (TPSA) is 123 Å². The molecule has 0 bridgehead atoms. The predicted octanol–water partition coefficient (Wildman–Crippen LogP) is 4.37. The summed E-state index contributed by atoms with van der Waals surface area (Å²) in [5.74, 6) is 0.659. The first-order chi connectivity index (χ1) is 14.8. The predicted molar refractivity (Wildman–Crippen MR) is 120 cm³/mol. The summed E-state index contributed by atoms with van der Waals surface area (Å²) in [7, 11) is 0. The van der Waals surface area contributed by atoms with E-state index >= 15 is 0 Å². The molecule has 1 atom stereocenters. The zero-order valence-corrected chi connectivity index (χ0v) is 18.4. The number of non-ortho nitro benzene ring substituents is 1. The molecule has 1 aromatic heterocycles. The van der Waals surface area contributed by atoms with Crippen molar-refractivity contribution in [3.05, 3.63) is 72.7 Å². The van der Waals surface area contributed by atoms with Crippen LogP contribution in [-0.2, 0) is 0 Å². The molecule has 0 saturated heterocycles. The summed E-state index contributed by atoms with van der Waals surface area (Å²) in [5.41, 5.74) is 0.299. The number of benzene rings is 2. The second kappa shape index (κ2) is 9.49. The van der Waals surface area contributed by atoms with Crippen LogP contribution in [0.3, 0.4) is 0 Å². The Kier molecular flexibility index (Phi) is 6.77. The normalized spacial score (nSPS) is 12.1. The fourth-order valence-electron chi connectivity index (χ4n) is 2.89. The van der Waals surface area contributed by atoms with Crippen molar-refractivity contribution in [3.8, 4) is 11.8 Å². The van der Waals surface area contributed by atoms with E-state index in [-0.39, 0.29) is 35.1 Å². The molecule has 0 aliphatic carbocycles. The van der Waals surface area contributed by atoms with Gasteiger partial charge in [-0.05, 0) is 30.7 Å². The molecule has 0 N–H and O–H groups in total. The number of hydrogen-bond donors (Lipinski definition) is 0. The molecule has 31 heavy (non-hydrogen) atoms. The maximum Gasteiger partial charge on any atom is 0.282 e. The van der Waals surface area contributed by atoms with Crippen LogP contribution in [0.2, 0.25) is 0 Å². The van der Waals surface area contributed by atoms with Crippen LogP contribution in [0.5, 0.6) is 5.75 Å². The minimum absolute atomic E-state index is 0.0580. The molecule has 10 heteroatoms. The van der Waals surface area contributed by atoms with Crippen LogP contribution >= 0.6 is 15.9 Å². The number of hydrogen-bond acceptors (Lipinski definition) is 7. The summed E-state index contributed by atoms with van der Waals surface area (Å²) in [6.07, 6.45) is 2.04. The number of nitro groups is 1. The molecule has 0 unspecified atom stereocenters. The molecular weight excluding hydrogens is 466 g/mol. The van der Waals surface area contributed by atoms with Gasteiger partial charge in [-0.15, -0.1) is 0 Å². The Morgan fingerprint density at radius 2 is 2.16 bits per heavy atom. The van der Waals surface area contributed by atoms with E-state index in [1.54, 1.807) is 12.1 Å². The van der Waals surface area contributed by atoms with Gasteiger partial charge in [0.2, 0.25) is 0 Å². The van der Waals surface area contributed by atoms with Crippen LogP contribution in [0.4, 0.5) is 5.69 Å². The first-order valence-electron chi connectivity index (χ1n) is 9.40. The van der Waals surface area contributed by atoms with Crippen LogP contribution in [-0.4, -0.2) is 27.4 Å². The largest absolute Gasteiger partial charge is 0.478 e. The average molecular weight is 484 g/mol. The molecule has 0 radical (unpaired) electrons. The minimum atomic E-state index is -0.544. The number of nitro benzene ring substituents is 1. The zero-order chi connectivity index (χ0) is 22.5. The monoisotopic (exact) mass is 483 g/mol. The maximum atomic E-state index is 13.2. The van der Waals surface area contributed by atoms with E-state index in [1.165, 1.54) is 29.1 Å². The first-order valence-corrected chi connectivity index (χ1v) is 10.2. The quantitative estimate of drug-likeness (QED) is 0.279. The smallest absolute Gasteiger partial charge is 0.282 e. The van der Waals surface area contributed by atoms with Crippen molar-refractivity contribution in [2.45, 2.75) is 26.2 Å². The lowest BCUT2D eigenvalue weighted by molar-refractivity contribution is -0.384. The van der Waals surface area contributed by atoms with Gasteiger partial charge in [-0.2, -0.15) is 15.0 Å². The molecular formula is C21H18BrN5O4. The summed E-state index contributed by atoms with van der Waals surface area (Å²) in [4.78, 5) is 28.4. The second-order valence-electron chi connectivity index (χ2n) is 6.73. The Morgan fingerprint density at radius 1 is 1.39 bits per heavy atom. The highest BCUT2D eigenvalue weighted by atomic mass is 79.9. The van der Waals surface area contributed by atoms with E-state index in [0.29, 0.717) is 16.7 Å². The molecule has 3 aromatic rings. The molecule has 0 amide bonds. The van der Waals surface area contributed by atoms with Gasteiger partial charge in [0.15, 0.2) is 6.61 Å². The lowest BCUT2D eigenvalue weighted by Gasteiger charge is -2.14. The van der Waals surface area contributed by atoms with E-state index in [4.69, 9.17) is 10.00 Å². The Hall–Kier alpha value is -3.58. The highest BCUT2D eigenvalue weighted by Crippen LogP contribution is 2.24. The third-order valence-corrected chi connectivity index (χ3v) is 5.19. The van der Waals surface area contributed by atoms with Gasteiger partial charge < -0.3 is 4.74 Å². The van der Waals surface area contributed by atoms with E-state index in [9.17, 15) is 14.9 Å². The molecule has 1 heterocycles. The van der Waals surface area contributed by atoms with Gasteiger partial charge in [0, 0.05) is 28.1 Å². The number of fused-ring (bicyclic) bond motifs is 1. The molecule has 3 rings (SSSR count). The Balaban J connectivity index is 2.19. The summed E-state index contributed by atoms with van der Waals surface area (Å²) < 4.78 is 7.28. The first kappa shape index (κ1) is 22.1. The van der Waals surface area contributed by atoms with Gasteiger partial charge in [-0.25, -0.2) is 4.98 Å². The lowest BCUT2D eigenvalue weighted by atomic mass is 10.1. The van der Waals surface area contributed by atoms with Gasteiger partial charge in [0.05, 0.1) is 22.0 Å². The van der Waals surface area contributed by atoms with Crippen LogP contribution in [0.25, 0.3) is 10.9 Å². The Morgan fingerprint density at radius 3 is 2.84 bits per heavy atom. The van der Waals surface area contributed by atoms with Crippen molar-refractivity contribution < 1.29 is 9.66 Å². The van der Waals surface area contributed by atoms with Gasteiger partial charge in [-0.1, -0.05) is 29.8 Å². The van der Waals surface area contributed by atoms with Crippen molar-refractivity contribution in [3.63, 3.8) is 0 Å². The number of nitriles is 1.